The maximum atomic E-state index is 11.8. The van der Waals surface area contributed by atoms with Crippen molar-refractivity contribution in [2.75, 3.05) is 0 Å². The van der Waals surface area contributed by atoms with Crippen molar-refractivity contribution >= 4 is 29.2 Å². The highest BCUT2D eigenvalue weighted by molar-refractivity contribution is 7.71. The van der Waals surface area contributed by atoms with E-state index in [9.17, 15) is 4.79 Å². The van der Waals surface area contributed by atoms with Crippen LogP contribution in [-0.4, -0.2) is 21.5 Å². The highest BCUT2D eigenvalue weighted by atomic mass is 32.1. The molecule has 18 heavy (non-hydrogen) atoms. The number of hydrogen-bond donors (Lipinski definition) is 2. The summed E-state index contributed by atoms with van der Waals surface area (Å²) in [5.41, 5.74) is 3.13. The van der Waals surface area contributed by atoms with E-state index in [0.29, 0.717) is 17.4 Å². The number of hydrogen-bond acceptors (Lipinski definition) is 2. The van der Waals surface area contributed by atoms with E-state index in [1.165, 1.54) is 0 Å². The number of fused-ring (bicyclic) bond motifs is 1. The van der Waals surface area contributed by atoms with Gasteiger partial charge in [0.05, 0.1) is 11.0 Å². The van der Waals surface area contributed by atoms with Crippen LogP contribution in [0.15, 0.2) is 18.2 Å². The van der Waals surface area contributed by atoms with Gasteiger partial charge in [-0.2, -0.15) is 0 Å². The Morgan fingerprint density at radius 2 is 2.33 bits per heavy atom. The lowest BCUT2D eigenvalue weighted by Crippen LogP contribution is -2.29. The molecule has 0 atom stereocenters. The molecule has 1 aromatic carbocycles. The van der Waals surface area contributed by atoms with Gasteiger partial charge in [0.1, 0.15) is 6.54 Å². The molecule has 1 saturated carbocycles. The highest BCUT2D eigenvalue weighted by Crippen LogP contribution is 2.19. The number of amides is 1. The zero-order valence-corrected chi connectivity index (χ0v) is 11.0. The van der Waals surface area contributed by atoms with E-state index < -0.39 is 0 Å². The molecule has 4 nitrogen and oxygen atoms in total. The second kappa shape index (κ2) is 4.24. The van der Waals surface area contributed by atoms with E-state index in [1.807, 2.05) is 29.7 Å². The SMILES string of the molecule is Cc1ccc2[nH]c(=S)n(CC(=O)NC3CC3)c2c1. The van der Waals surface area contributed by atoms with Gasteiger partial charge in [-0.05, 0) is 49.7 Å². The third-order valence-electron chi connectivity index (χ3n) is 3.17. The van der Waals surface area contributed by atoms with E-state index >= 15 is 0 Å². The van der Waals surface area contributed by atoms with Crippen molar-refractivity contribution < 1.29 is 4.79 Å². The Labute approximate surface area is 110 Å². The molecule has 1 fully saturated rings. The Morgan fingerprint density at radius 3 is 3.06 bits per heavy atom. The average molecular weight is 261 g/mol. The summed E-state index contributed by atoms with van der Waals surface area (Å²) in [6, 6.07) is 6.46. The number of H-pyrrole nitrogens is 1. The number of aromatic amines is 1. The molecule has 0 saturated heterocycles. The lowest BCUT2D eigenvalue weighted by atomic mass is 10.2. The van der Waals surface area contributed by atoms with Crippen molar-refractivity contribution in [1.82, 2.24) is 14.9 Å². The molecule has 1 amide bonds. The predicted octanol–water partition coefficient (Wildman–Crippen LogP) is 2.29. The lowest BCUT2D eigenvalue weighted by molar-refractivity contribution is -0.121. The highest BCUT2D eigenvalue weighted by Gasteiger charge is 2.23. The first-order valence-electron chi connectivity index (χ1n) is 6.12. The summed E-state index contributed by atoms with van der Waals surface area (Å²) in [7, 11) is 0. The van der Waals surface area contributed by atoms with E-state index in [4.69, 9.17) is 12.2 Å². The molecular weight excluding hydrogens is 246 g/mol. The third kappa shape index (κ3) is 2.18. The van der Waals surface area contributed by atoms with Crippen molar-refractivity contribution in [3.63, 3.8) is 0 Å². The molecule has 1 aliphatic carbocycles. The number of rotatable bonds is 3. The van der Waals surface area contributed by atoms with E-state index in [2.05, 4.69) is 10.3 Å². The molecule has 0 spiro atoms. The first-order chi connectivity index (χ1) is 8.63. The van der Waals surface area contributed by atoms with Crippen LogP contribution in [0.25, 0.3) is 11.0 Å². The zero-order valence-electron chi connectivity index (χ0n) is 10.2. The van der Waals surface area contributed by atoms with Gasteiger partial charge in [-0.25, -0.2) is 0 Å². The van der Waals surface area contributed by atoms with E-state index in [-0.39, 0.29) is 5.91 Å². The fourth-order valence-corrected chi connectivity index (χ4v) is 2.34. The van der Waals surface area contributed by atoms with Crippen LogP contribution < -0.4 is 5.32 Å². The normalized spacial score (nSPS) is 14.9. The van der Waals surface area contributed by atoms with Gasteiger partial charge in [-0.15, -0.1) is 0 Å². The molecule has 94 valence electrons. The second-order valence-electron chi connectivity index (χ2n) is 4.88. The fraction of sp³-hybridized carbons (Fsp3) is 0.385. The molecule has 0 radical (unpaired) electrons. The van der Waals surface area contributed by atoms with Gasteiger partial charge in [0, 0.05) is 6.04 Å². The minimum Gasteiger partial charge on any atom is -0.352 e. The Balaban J connectivity index is 1.94. The van der Waals surface area contributed by atoms with Crippen molar-refractivity contribution in [1.29, 1.82) is 0 Å². The van der Waals surface area contributed by atoms with Crippen LogP contribution in [0, 0.1) is 11.7 Å². The van der Waals surface area contributed by atoms with Crippen molar-refractivity contribution in [3.8, 4) is 0 Å². The smallest absolute Gasteiger partial charge is 0.240 e. The molecule has 2 N–H and O–H groups in total. The average Bonchev–Trinajstić information content (AvgIpc) is 3.07. The topological polar surface area (TPSA) is 49.8 Å². The number of carbonyl (C=O) groups excluding carboxylic acids is 1. The Kier molecular flexibility index (Phi) is 2.70. The van der Waals surface area contributed by atoms with Gasteiger partial charge >= 0.3 is 0 Å². The largest absolute Gasteiger partial charge is 0.352 e. The fourth-order valence-electron chi connectivity index (χ4n) is 2.06. The number of benzene rings is 1. The molecule has 0 unspecified atom stereocenters. The van der Waals surface area contributed by atoms with Crippen LogP contribution in [0.4, 0.5) is 0 Å². The molecule has 1 heterocycles. The third-order valence-corrected chi connectivity index (χ3v) is 3.50. The van der Waals surface area contributed by atoms with Crippen LogP contribution in [0.5, 0.6) is 0 Å². The number of imidazole rings is 1. The van der Waals surface area contributed by atoms with Crippen LogP contribution in [0.1, 0.15) is 18.4 Å². The summed E-state index contributed by atoms with van der Waals surface area (Å²) in [6.07, 6.45) is 2.20. The molecule has 1 aromatic heterocycles. The van der Waals surface area contributed by atoms with Crippen LogP contribution in [0.2, 0.25) is 0 Å². The van der Waals surface area contributed by atoms with Gasteiger partial charge in [-0.1, -0.05) is 6.07 Å². The summed E-state index contributed by atoms with van der Waals surface area (Å²) in [5, 5.41) is 2.98. The molecular formula is C13H15N3OS. The maximum absolute atomic E-state index is 11.8. The Bertz CT molecular complexity index is 666. The second-order valence-corrected chi connectivity index (χ2v) is 5.27. The van der Waals surface area contributed by atoms with Gasteiger partial charge in [0.25, 0.3) is 0 Å². The standard InChI is InChI=1S/C13H15N3OS/c1-8-2-5-10-11(6-8)16(13(18)15-10)7-12(17)14-9-3-4-9/h2,5-6,9H,3-4,7H2,1H3,(H,14,17)(H,15,18). The summed E-state index contributed by atoms with van der Waals surface area (Å²) in [6.45, 7) is 2.32. The molecule has 0 aliphatic heterocycles. The van der Waals surface area contributed by atoms with Crippen LogP contribution in [-0.2, 0) is 11.3 Å². The first-order valence-corrected chi connectivity index (χ1v) is 6.53. The number of nitrogens with zero attached hydrogens (tertiary/aromatic N) is 1. The van der Waals surface area contributed by atoms with E-state index in [1.54, 1.807) is 0 Å². The summed E-state index contributed by atoms with van der Waals surface area (Å²) < 4.78 is 2.46. The quantitative estimate of drug-likeness (QED) is 0.833. The van der Waals surface area contributed by atoms with Gasteiger partial charge in [-0.3, -0.25) is 4.79 Å². The van der Waals surface area contributed by atoms with E-state index in [0.717, 1.165) is 29.4 Å². The molecule has 3 rings (SSSR count). The maximum Gasteiger partial charge on any atom is 0.240 e. The molecule has 0 bridgehead atoms. The van der Waals surface area contributed by atoms with Gasteiger partial charge in [0.2, 0.25) is 5.91 Å². The molecule has 1 aliphatic rings. The van der Waals surface area contributed by atoms with Gasteiger partial charge in [0.15, 0.2) is 4.77 Å². The summed E-state index contributed by atoms with van der Waals surface area (Å²) in [4.78, 5) is 15.0. The lowest BCUT2D eigenvalue weighted by Gasteiger charge is -2.05. The molecule has 2 aromatic rings. The van der Waals surface area contributed by atoms with Crippen molar-refractivity contribution in [2.24, 2.45) is 0 Å². The summed E-state index contributed by atoms with van der Waals surface area (Å²) in [5.74, 6) is 0.0380. The number of carbonyl (C=O) groups is 1. The number of aryl methyl sites for hydroxylation is 1. The zero-order chi connectivity index (χ0) is 12.7. The number of nitrogens with one attached hydrogen (secondary N) is 2. The van der Waals surface area contributed by atoms with Crippen LogP contribution >= 0.6 is 12.2 Å². The Hall–Kier alpha value is -1.62. The van der Waals surface area contributed by atoms with Crippen molar-refractivity contribution in [3.05, 3.63) is 28.5 Å². The minimum atomic E-state index is 0.0380. The monoisotopic (exact) mass is 261 g/mol. The summed E-state index contributed by atoms with van der Waals surface area (Å²) >= 11 is 5.27. The Morgan fingerprint density at radius 1 is 1.56 bits per heavy atom. The van der Waals surface area contributed by atoms with Crippen LogP contribution in [0.3, 0.4) is 0 Å². The predicted molar refractivity (Wildman–Crippen MR) is 73.0 cm³/mol. The minimum absolute atomic E-state index is 0.0380. The number of aromatic nitrogens is 2. The molecule has 5 heteroatoms. The first kappa shape index (κ1) is 11.5. The van der Waals surface area contributed by atoms with Crippen molar-refractivity contribution in [2.45, 2.75) is 32.4 Å². The van der Waals surface area contributed by atoms with Gasteiger partial charge < -0.3 is 14.9 Å².